The highest BCUT2D eigenvalue weighted by molar-refractivity contribution is 6.30. The molecule has 1 aliphatic carbocycles. The Morgan fingerprint density at radius 1 is 1.37 bits per heavy atom. The van der Waals surface area contributed by atoms with Gasteiger partial charge in [0, 0.05) is 10.9 Å². The maximum absolute atomic E-state index is 9.82. The fraction of sp³-hybridized carbons (Fsp3) is 0.429. The van der Waals surface area contributed by atoms with Gasteiger partial charge in [0.15, 0.2) is 5.82 Å². The average molecular weight is 279 g/mol. The molecule has 1 saturated carbocycles. The highest BCUT2D eigenvalue weighted by Crippen LogP contribution is 2.38. The number of hydrogen-bond acceptors (Lipinski definition) is 4. The Balaban J connectivity index is 1.90. The highest BCUT2D eigenvalue weighted by Gasteiger charge is 2.27. The van der Waals surface area contributed by atoms with Crippen molar-refractivity contribution in [2.24, 2.45) is 5.92 Å². The summed E-state index contributed by atoms with van der Waals surface area (Å²) >= 11 is 5.92. The van der Waals surface area contributed by atoms with Crippen molar-refractivity contribution >= 4 is 11.6 Å². The van der Waals surface area contributed by atoms with Crippen molar-refractivity contribution in [3.63, 3.8) is 0 Å². The van der Waals surface area contributed by atoms with E-state index >= 15 is 0 Å². The first-order chi connectivity index (χ1) is 9.13. The number of phenols is 1. The van der Waals surface area contributed by atoms with Gasteiger partial charge in [-0.25, -0.2) is 0 Å². The normalized spacial score (nSPS) is 22.8. The zero-order valence-corrected chi connectivity index (χ0v) is 11.4. The minimum Gasteiger partial charge on any atom is -0.507 e. The number of nitrogens with zero attached hydrogens (tertiary/aromatic N) is 2. The molecular weight excluding hydrogens is 264 g/mol. The van der Waals surface area contributed by atoms with Crippen LogP contribution in [0.25, 0.3) is 11.5 Å². The second-order valence-electron chi connectivity index (χ2n) is 5.23. The third-order valence-corrected chi connectivity index (χ3v) is 3.93. The van der Waals surface area contributed by atoms with Crippen LogP contribution < -0.4 is 0 Å². The largest absolute Gasteiger partial charge is 0.507 e. The number of aromatic hydroxyl groups is 1. The molecule has 0 bridgehead atoms. The molecule has 0 amide bonds. The molecule has 2 atom stereocenters. The SMILES string of the molecule is CC1CCC(c2noc(-c3cc(Cl)ccc3O)n2)C1. The first-order valence-electron chi connectivity index (χ1n) is 6.46. The Morgan fingerprint density at radius 3 is 2.95 bits per heavy atom. The van der Waals surface area contributed by atoms with Crippen LogP contribution in [-0.2, 0) is 0 Å². The van der Waals surface area contributed by atoms with Crippen LogP contribution >= 0.6 is 11.6 Å². The molecule has 2 aromatic rings. The molecule has 3 rings (SSSR count). The summed E-state index contributed by atoms with van der Waals surface area (Å²) in [5.41, 5.74) is 0.484. The smallest absolute Gasteiger partial charge is 0.261 e. The van der Waals surface area contributed by atoms with E-state index in [-0.39, 0.29) is 5.75 Å². The number of rotatable bonds is 2. The minimum absolute atomic E-state index is 0.0967. The molecule has 0 saturated heterocycles. The summed E-state index contributed by atoms with van der Waals surface area (Å²) in [6, 6.07) is 4.78. The van der Waals surface area contributed by atoms with Gasteiger partial charge in [-0.1, -0.05) is 23.7 Å². The predicted molar refractivity (Wildman–Crippen MR) is 72.2 cm³/mol. The molecule has 1 aromatic carbocycles. The van der Waals surface area contributed by atoms with Gasteiger partial charge in [-0.3, -0.25) is 0 Å². The summed E-state index contributed by atoms with van der Waals surface area (Å²) in [5, 5.41) is 14.4. The van der Waals surface area contributed by atoms with E-state index in [0.29, 0.717) is 28.3 Å². The van der Waals surface area contributed by atoms with E-state index in [4.69, 9.17) is 16.1 Å². The van der Waals surface area contributed by atoms with Gasteiger partial charge in [0.1, 0.15) is 5.75 Å². The monoisotopic (exact) mass is 278 g/mol. The number of benzene rings is 1. The summed E-state index contributed by atoms with van der Waals surface area (Å²) in [6.07, 6.45) is 3.40. The van der Waals surface area contributed by atoms with Crippen molar-refractivity contribution in [3.8, 4) is 17.2 Å². The van der Waals surface area contributed by atoms with E-state index in [9.17, 15) is 5.11 Å². The van der Waals surface area contributed by atoms with Gasteiger partial charge in [-0.15, -0.1) is 0 Å². The van der Waals surface area contributed by atoms with E-state index in [0.717, 1.165) is 18.7 Å². The average Bonchev–Trinajstić information content (AvgIpc) is 3.00. The van der Waals surface area contributed by atoms with Gasteiger partial charge < -0.3 is 9.63 Å². The molecule has 4 nitrogen and oxygen atoms in total. The molecule has 5 heteroatoms. The number of aromatic nitrogens is 2. The lowest BCUT2D eigenvalue weighted by Crippen LogP contribution is -1.96. The Morgan fingerprint density at radius 2 is 2.21 bits per heavy atom. The molecule has 0 aliphatic heterocycles. The lowest BCUT2D eigenvalue weighted by molar-refractivity contribution is 0.410. The topological polar surface area (TPSA) is 59.2 Å². The summed E-state index contributed by atoms with van der Waals surface area (Å²) in [4.78, 5) is 4.40. The van der Waals surface area contributed by atoms with Crippen LogP contribution in [0.4, 0.5) is 0 Å². The van der Waals surface area contributed by atoms with Crippen LogP contribution in [0.5, 0.6) is 5.75 Å². The van der Waals surface area contributed by atoms with Crippen molar-refractivity contribution in [2.75, 3.05) is 0 Å². The fourth-order valence-corrected chi connectivity index (χ4v) is 2.80. The number of hydrogen-bond donors (Lipinski definition) is 1. The molecule has 1 N–H and O–H groups in total. The zero-order valence-electron chi connectivity index (χ0n) is 10.6. The Kier molecular flexibility index (Phi) is 3.19. The summed E-state index contributed by atoms with van der Waals surface area (Å²) in [5.74, 6) is 2.24. The third kappa shape index (κ3) is 2.45. The van der Waals surface area contributed by atoms with Crippen molar-refractivity contribution in [1.82, 2.24) is 10.1 Å². The first kappa shape index (κ1) is 12.5. The summed E-state index contributed by atoms with van der Waals surface area (Å²) in [7, 11) is 0. The van der Waals surface area contributed by atoms with Crippen LogP contribution in [0.3, 0.4) is 0 Å². The van der Waals surface area contributed by atoms with Crippen LogP contribution in [0.1, 0.15) is 37.9 Å². The maximum atomic E-state index is 9.82. The molecular formula is C14H15ClN2O2. The Hall–Kier alpha value is -1.55. The molecule has 1 heterocycles. The standard InChI is InChI=1S/C14H15ClN2O2/c1-8-2-3-9(6-8)13-16-14(19-17-13)11-7-10(15)4-5-12(11)18/h4-5,7-9,18H,2-3,6H2,1H3. The molecule has 1 fully saturated rings. The summed E-state index contributed by atoms with van der Waals surface area (Å²) in [6.45, 7) is 2.24. The lowest BCUT2D eigenvalue weighted by Gasteiger charge is -2.02. The highest BCUT2D eigenvalue weighted by atomic mass is 35.5. The van der Waals surface area contributed by atoms with Gasteiger partial charge in [-0.2, -0.15) is 4.98 Å². The van der Waals surface area contributed by atoms with E-state index in [2.05, 4.69) is 17.1 Å². The van der Waals surface area contributed by atoms with Crippen molar-refractivity contribution in [2.45, 2.75) is 32.1 Å². The minimum atomic E-state index is 0.0967. The van der Waals surface area contributed by atoms with Crippen molar-refractivity contribution < 1.29 is 9.63 Å². The number of phenolic OH excluding ortho intramolecular Hbond substituents is 1. The second-order valence-corrected chi connectivity index (χ2v) is 5.67. The van der Waals surface area contributed by atoms with Crippen LogP contribution in [-0.4, -0.2) is 15.2 Å². The van der Waals surface area contributed by atoms with Gasteiger partial charge in [0.05, 0.1) is 5.56 Å². The zero-order chi connectivity index (χ0) is 13.4. The van der Waals surface area contributed by atoms with Gasteiger partial charge in [-0.05, 0) is 43.4 Å². The lowest BCUT2D eigenvalue weighted by atomic mass is 10.1. The van der Waals surface area contributed by atoms with E-state index in [1.54, 1.807) is 12.1 Å². The maximum Gasteiger partial charge on any atom is 0.261 e. The van der Waals surface area contributed by atoms with E-state index < -0.39 is 0 Å². The van der Waals surface area contributed by atoms with Crippen LogP contribution in [0, 0.1) is 5.92 Å². The molecule has 2 unspecified atom stereocenters. The van der Waals surface area contributed by atoms with Crippen LogP contribution in [0.15, 0.2) is 22.7 Å². The molecule has 1 aromatic heterocycles. The molecule has 100 valence electrons. The van der Waals surface area contributed by atoms with Gasteiger partial charge >= 0.3 is 0 Å². The van der Waals surface area contributed by atoms with Crippen molar-refractivity contribution in [1.29, 1.82) is 0 Å². The fourth-order valence-electron chi connectivity index (χ4n) is 2.63. The first-order valence-corrected chi connectivity index (χ1v) is 6.84. The second kappa shape index (κ2) is 4.85. The summed E-state index contributed by atoms with van der Waals surface area (Å²) < 4.78 is 5.25. The van der Waals surface area contributed by atoms with E-state index in [1.165, 1.54) is 12.5 Å². The molecule has 0 radical (unpaired) electrons. The number of halogens is 1. The Bertz CT molecular complexity index is 597. The quantitative estimate of drug-likeness (QED) is 0.902. The molecule has 0 spiro atoms. The van der Waals surface area contributed by atoms with Crippen molar-refractivity contribution in [3.05, 3.63) is 29.0 Å². The predicted octanol–water partition coefficient (Wildman–Crippen LogP) is 4.00. The Labute approximate surface area is 116 Å². The van der Waals surface area contributed by atoms with E-state index in [1.807, 2.05) is 0 Å². The molecule has 19 heavy (non-hydrogen) atoms. The van der Waals surface area contributed by atoms with Gasteiger partial charge in [0.2, 0.25) is 0 Å². The molecule has 1 aliphatic rings. The van der Waals surface area contributed by atoms with Crippen LogP contribution in [0.2, 0.25) is 5.02 Å². The third-order valence-electron chi connectivity index (χ3n) is 3.69. The van der Waals surface area contributed by atoms with Gasteiger partial charge in [0.25, 0.3) is 5.89 Å².